The molecule has 3 nitrogen and oxygen atoms in total. The zero-order chi connectivity index (χ0) is 14.8. The lowest BCUT2D eigenvalue weighted by molar-refractivity contribution is 0.478. The molecule has 0 aliphatic rings. The standard InChI is InChI=1S/C13H13BrClNO2S2/c1-13(9-15,10-5-3-2-4-6-10)16-20(17,18)12-11(14)7-8-19-12/h2-8,16H,9H2,1H3. The van der Waals surface area contributed by atoms with Gasteiger partial charge in [-0.1, -0.05) is 30.3 Å². The average molecular weight is 395 g/mol. The molecule has 1 N–H and O–H groups in total. The number of benzene rings is 1. The van der Waals surface area contributed by atoms with Crippen molar-refractivity contribution in [2.75, 3.05) is 5.88 Å². The number of halogens is 2. The lowest BCUT2D eigenvalue weighted by Gasteiger charge is -2.28. The normalized spacial score (nSPS) is 14.9. The summed E-state index contributed by atoms with van der Waals surface area (Å²) < 4.78 is 28.5. The number of hydrogen-bond acceptors (Lipinski definition) is 3. The molecule has 0 radical (unpaired) electrons. The molecule has 0 aliphatic carbocycles. The highest BCUT2D eigenvalue weighted by Gasteiger charge is 2.33. The minimum absolute atomic E-state index is 0.138. The largest absolute Gasteiger partial charge is 0.252 e. The van der Waals surface area contributed by atoms with E-state index in [1.807, 2.05) is 30.3 Å². The Morgan fingerprint density at radius 3 is 2.45 bits per heavy atom. The van der Waals surface area contributed by atoms with Gasteiger partial charge in [0.05, 0.1) is 5.54 Å². The molecule has 0 fully saturated rings. The Labute approximate surface area is 136 Å². The Morgan fingerprint density at radius 1 is 1.30 bits per heavy atom. The van der Waals surface area contributed by atoms with Gasteiger partial charge in [0.25, 0.3) is 10.0 Å². The average Bonchev–Trinajstić information content (AvgIpc) is 2.86. The van der Waals surface area contributed by atoms with E-state index in [1.54, 1.807) is 18.4 Å². The van der Waals surface area contributed by atoms with Crippen LogP contribution in [0.5, 0.6) is 0 Å². The molecule has 0 saturated heterocycles. The van der Waals surface area contributed by atoms with Crippen molar-refractivity contribution in [3.63, 3.8) is 0 Å². The maximum atomic E-state index is 12.5. The van der Waals surface area contributed by atoms with Crippen LogP contribution in [0.2, 0.25) is 0 Å². The summed E-state index contributed by atoms with van der Waals surface area (Å²) in [7, 11) is -3.63. The minimum atomic E-state index is -3.63. The molecule has 20 heavy (non-hydrogen) atoms. The van der Waals surface area contributed by atoms with Crippen molar-refractivity contribution in [3.05, 3.63) is 51.8 Å². The Balaban J connectivity index is 2.38. The number of sulfonamides is 1. The minimum Gasteiger partial charge on any atom is -0.206 e. The van der Waals surface area contributed by atoms with Gasteiger partial charge in [-0.05, 0) is 39.9 Å². The van der Waals surface area contributed by atoms with E-state index in [2.05, 4.69) is 20.7 Å². The first-order valence-corrected chi connectivity index (χ1v) is 9.46. The monoisotopic (exact) mass is 393 g/mol. The summed E-state index contributed by atoms with van der Waals surface area (Å²) in [6.07, 6.45) is 0. The highest BCUT2D eigenvalue weighted by atomic mass is 79.9. The van der Waals surface area contributed by atoms with Crippen LogP contribution in [-0.2, 0) is 15.6 Å². The Morgan fingerprint density at radius 2 is 1.95 bits per heavy atom. The first-order valence-electron chi connectivity index (χ1n) is 5.77. The van der Waals surface area contributed by atoms with E-state index in [9.17, 15) is 8.42 Å². The molecule has 1 heterocycles. The molecule has 0 spiro atoms. The highest BCUT2D eigenvalue weighted by molar-refractivity contribution is 9.10. The van der Waals surface area contributed by atoms with E-state index in [0.717, 1.165) is 16.9 Å². The van der Waals surface area contributed by atoms with Crippen molar-refractivity contribution >= 4 is 48.9 Å². The maximum absolute atomic E-state index is 12.5. The third kappa shape index (κ3) is 3.26. The summed E-state index contributed by atoms with van der Waals surface area (Å²) >= 11 is 10.4. The van der Waals surface area contributed by atoms with Crippen LogP contribution in [0.15, 0.2) is 50.5 Å². The molecular weight excluding hydrogens is 382 g/mol. The molecule has 0 bridgehead atoms. The second-order valence-electron chi connectivity index (χ2n) is 4.49. The smallest absolute Gasteiger partial charge is 0.206 e. The maximum Gasteiger partial charge on any atom is 0.252 e. The summed E-state index contributed by atoms with van der Waals surface area (Å²) in [5.41, 5.74) is -0.0308. The fourth-order valence-electron chi connectivity index (χ4n) is 1.78. The van der Waals surface area contributed by atoms with Crippen molar-refractivity contribution in [1.82, 2.24) is 4.72 Å². The third-order valence-corrected chi connectivity index (χ3v) is 7.67. The van der Waals surface area contributed by atoms with Crippen molar-refractivity contribution in [1.29, 1.82) is 0 Å². The zero-order valence-electron chi connectivity index (χ0n) is 10.6. The van der Waals surface area contributed by atoms with Crippen molar-refractivity contribution in [2.24, 2.45) is 0 Å². The quantitative estimate of drug-likeness (QED) is 0.781. The molecule has 1 aromatic heterocycles. The van der Waals surface area contributed by atoms with Crippen LogP contribution in [0.3, 0.4) is 0 Å². The van der Waals surface area contributed by atoms with Gasteiger partial charge in [0, 0.05) is 10.4 Å². The predicted octanol–water partition coefficient (Wildman–Crippen LogP) is 3.94. The van der Waals surface area contributed by atoms with Crippen LogP contribution in [-0.4, -0.2) is 14.3 Å². The number of hydrogen-bond donors (Lipinski definition) is 1. The topological polar surface area (TPSA) is 46.2 Å². The first-order chi connectivity index (χ1) is 9.39. The van der Waals surface area contributed by atoms with Gasteiger partial charge in [-0.15, -0.1) is 22.9 Å². The second-order valence-corrected chi connectivity index (χ2v) is 8.41. The first kappa shape index (κ1) is 16.0. The SMILES string of the molecule is CC(CCl)(NS(=O)(=O)c1sccc1Br)c1ccccc1. The number of rotatable bonds is 5. The van der Waals surface area contributed by atoms with Crippen LogP contribution in [0.4, 0.5) is 0 Å². The molecule has 1 atom stereocenters. The van der Waals surface area contributed by atoms with E-state index in [4.69, 9.17) is 11.6 Å². The molecule has 7 heteroatoms. The van der Waals surface area contributed by atoms with Crippen LogP contribution < -0.4 is 4.72 Å². The highest BCUT2D eigenvalue weighted by Crippen LogP contribution is 2.31. The molecule has 0 amide bonds. The summed E-state index contributed by atoms with van der Waals surface area (Å²) in [6, 6.07) is 11.0. The van der Waals surface area contributed by atoms with Crippen LogP contribution in [0.1, 0.15) is 12.5 Å². The van der Waals surface area contributed by atoms with Crippen molar-refractivity contribution < 1.29 is 8.42 Å². The van der Waals surface area contributed by atoms with Gasteiger partial charge in [0.1, 0.15) is 4.21 Å². The van der Waals surface area contributed by atoms with Gasteiger partial charge in [-0.2, -0.15) is 4.72 Å². The van der Waals surface area contributed by atoms with Gasteiger partial charge < -0.3 is 0 Å². The molecule has 1 unspecified atom stereocenters. The number of alkyl halides is 1. The summed E-state index contributed by atoms with van der Waals surface area (Å²) in [5.74, 6) is 0.138. The molecule has 1 aromatic carbocycles. The van der Waals surface area contributed by atoms with Gasteiger partial charge in [-0.25, -0.2) is 8.42 Å². The van der Waals surface area contributed by atoms with Crippen molar-refractivity contribution in [3.8, 4) is 0 Å². The number of thiophene rings is 1. The summed E-state index contributed by atoms with van der Waals surface area (Å²) in [4.78, 5) is 0. The van der Waals surface area contributed by atoms with Crippen LogP contribution in [0.25, 0.3) is 0 Å². The predicted molar refractivity (Wildman–Crippen MR) is 86.9 cm³/mol. The van der Waals surface area contributed by atoms with Gasteiger partial charge in [-0.3, -0.25) is 0 Å². The molecule has 0 saturated carbocycles. The second kappa shape index (κ2) is 6.15. The molecule has 2 aromatic rings. The zero-order valence-corrected chi connectivity index (χ0v) is 14.6. The molecule has 108 valence electrons. The van der Waals surface area contributed by atoms with Gasteiger partial charge in [0.15, 0.2) is 0 Å². The third-order valence-electron chi connectivity index (χ3n) is 2.87. The van der Waals surface area contributed by atoms with Gasteiger partial charge >= 0.3 is 0 Å². The number of nitrogens with one attached hydrogen (secondary N) is 1. The lowest BCUT2D eigenvalue weighted by atomic mass is 9.96. The summed E-state index contributed by atoms with van der Waals surface area (Å²) in [5, 5.41) is 1.72. The van der Waals surface area contributed by atoms with Gasteiger partial charge in [0.2, 0.25) is 0 Å². The van der Waals surface area contributed by atoms with E-state index < -0.39 is 15.6 Å². The fraction of sp³-hybridized carbons (Fsp3) is 0.231. The van der Waals surface area contributed by atoms with Crippen LogP contribution >= 0.6 is 38.9 Å². The van der Waals surface area contributed by atoms with E-state index in [1.165, 1.54) is 0 Å². The van der Waals surface area contributed by atoms with E-state index >= 15 is 0 Å². The summed E-state index contributed by atoms with van der Waals surface area (Å²) in [6.45, 7) is 1.77. The fourth-order valence-corrected chi connectivity index (χ4v) is 5.82. The molecular formula is C13H13BrClNO2S2. The lowest BCUT2D eigenvalue weighted by Crippen LogP contribution is -2.44. The Bertz CT molecular complexity index is 687. The molecule has 0 aliphatic heterocycles. The molecule has 2 rings (SSSR count). The Hall–Kier alpha value is -0.400. The van der Waals surface area contributed by atoms with Crippen molar-refractivity contribution in [2.45, 2.75) is 16.7 Å². The Kier molecular flexibility index (Phi) is 4.92. The van der Waals surface area contributed by atoms with E-state index in [-0.39, 0.29) is 10.1 Å². The van der Waals surface area contributed by atoms with E-state index in [0.29, 0.717) is 4.47 Å². The van der Waals surface area contributed by atoms with Crippen LogP contribution in [0, 0.1) is 0 Å².